The lowest BCUT2D eigenvalue weighted by Crippen LogP contribution is -2.25. The first-order valence-electron chi connectivity index (χ1n) is 7.29. The second-order valence-electron chi connectivity index (χ2n) is 5.31. The van der Waals surface area contributed by atoms with Crippen molar-refractivity contribution >= 4 is 29.1 Å². The number of amides is 1. The van der Waals surface area contributed by atoms with Crippen LogP contribution in [0.25, 0.3) is 0 Å². The molecule has 0 aliphatic carbocycles. The minimum Gasteiger partial charge on any atom is -0.345 e. The molecule has 2 heterocycles. The SMILES string of the molecule is O=C(NCc1nnc2n1CCCCC2)c1ccc(Cl)c(Cl)c1. The summed E-state index contributed by atoms with van der Waals surface area (Å²) in [6.07, 6.45) is 4.43. The Morgan fingerprint density at radius 1 is 1.18 bits per heavy atom. The second kappa shape index (κ2) is 6.67. The van der Waals surface area contributed by atoms with E-state index in [1.807, 2.05) is 0 Å². The van der Waals surface area contributed by atoms with Gasteiger partial charge in [0.1, 0.15) is 5.82 Å². The summed E-state index contributed by atoms with van der Waals surface area (Å²) >= 11 is 11.8. The molecule has 0 fully saturated rings. The van der Waals surface area contributed by atoms with E-state index >= 15 is 0 Å². The zero-order valence-corrected chi connectivity index (χ0v) is 13.5. The van der Waals surface area contributed by atoms with Crippen molar-refractivity contribution in [1.82, 2.24) is 20.1 Å². The number of carbonyl (C=O) groups excluding carboxylic acids is 1. The Morgan fingerprint density at radius 2 is 2.05 bits per heavy atom. The predicted octanol–water partition coefficient (Wildman–Crippen LogP) is 3.24. The van der Waals surface area contributed by atoms with Gasteiger partial charge in [0.2, 0.25) is 0 Å². The molecule has 0 saturated heterocycles. The van der Waals surface area contributed by atoms with Crippen LogP contribution < -0.4 is 5.32 Å². The fourth-order valence-electron chi connectivity index (χ4n) is 2.57. The lowest BCUT2D eigenvalue weighted by atomic mass is 10.2. The molecule has 0 radical (unpaired) electrons. The first kappa shape index (κ1) is 15.3. The number of carbonyl (C=O) groups is 1. The Hall–Kier alpha value is -1.59. The van der Waals surface area contributed by atoms with Crippen LogP contribution in [-0.2, 0) is 19.5 Å². The lowest BCUT2D eigenvalue weighted by Gasteiger charge is -2.08. The van der Waals surface area contributed by atoms with Crippen LogP contribution in [0.1, 0.15) is 41.3 Å². The van der Waals surface area contributed by atoms with Crippen LogP contribution in [0.15, 0.2) is 18.2 Å². The number of nitrogens with zero attached hydrogens (tertiary/aromatic N) is 3. The molecule has 1 aliphatic heterocycles. The summed E-state index contributed by atoms with van der Waals surface area (Å²) in [6, 6.07) is 4.82. The van der Waals surface area contributed by atoms with Crippen molar-refractivity contribution in [3.8, 4) is 0 Å². The van der Waals surface area contributed by atoms with Crippen molar-refractivity contribution in [2.24, 2.45) is 0 Å². The summed E-state index contributed by atoms with van der Waals surface area (Å²) < 4.78 is 2.11. The van der Waals surface area contributed by atoms with Crippen molar-refractivity contribution in [2.75, 3.05) is 0 Å². The minimum atomic E-state index is -0.204. The smallest absolute Gasteiger partial charge is 0.251 e. The molecular weight excluding hydrogens is 323 g/mol. The lowest BCUT2D eigenvalue weighted by molar-refractivity contribution is 0.0949. The Morgan fingerprint density at radius 3 is 2.86 bits per heavy atom. The van der Waals surface area contributed by atoms with Gasteiger partial charge in [-0.2, -0.15) is 0 Å². The first-order chi connectivity index (χ1) is 10.6. The van der Waals surface area contributed by atoms with Crippen molar-refractivity contribution in [1.29, 1.82) is 0 Å². The Kier molecular flexibility index (Phi) is 4.64. The molecule has 1 amide bonds. The number of aryl methyl sites for hydroxylation is 1. The van der Waals surface area contributed by atoms with E-state index in [-0.39, 0.29) is 5.91 Å². The molecule has 116 valence electrons. The summed E-state index contributed by atoms with van der Waals surface area (Å²) in [5.74, 6) is 1.60. The zero-order valence-electron chi connectivity index (χ0n) is 12.0. The monoisotopic (exact) mass is 338 g/mol. The highest BCUT2D eigenvalue weighted by Crippen LogP contribution is 2.22. The third-order valence-electron chi connectivity index (χ3n) is 3.77. The van der Waals surface area contributed by atoms with E-state index in [4.69, 9.17) is 23.2 Å². The molecule has 3 rings (SSSR count). The maximum Gasteiger partial charge on any atom is 0.251 e. The maximum atomic E-state index is 12.2. The molecule has 7 heteroatoms. The first-order valence-corrected chi connectivity index (χ1v) is 8.05. The number of rotatable bonds is 3. The number of halogens is 2. The number of benzene rings is 1. The molecule has 0 bridgehead atoms. The third-order valence-corrected chi connectivity index (χ3v) is 4.51. The van der Waals surface area contributed by atoms with Gasteiger partial charge in [-0.15, -0.1) is 10.2 Å². The van der Waals surface area contributed by atoms with Gasteiger partial charge in [-0.25, -0.2) is 0 Å². The number of nitrogens with one attached hydrogen (secondary N) is 1. The molecule has 1 aliphatic rings. The minimum absolute atomic E-state index is 0.204. The van der Waals surface area contributed by atoms with Gasteiger partial charge in [-0.3, -0.25) is 4.79 Å². The van der Waals surface area contributed by atoms with Crippen LogP contribution in [0.2, 0.25) is 10.0 Å². The van der Waals surface area contributed by atoms with Gasteiger partial charge in [0.05, 0.1) is 16.6 Å². The molecule has 1 N–H and O–H groups in total. The van der Waals surface area contributed by atoms with Crippen LogP contribution in [-0.4, -0.2) is 20.7 Å². The maximum absolute atomic E-state index is 12.2. The van der Waals surface area contributed by atoms with E-state index in [2.05, 4.69) is 20.1 Å². The van der Waals surface area contributed by atoms with Crippen LogP contribution in [0, 0.1) is 0 Å². The van der Waals surface area contributed by atoms with Gasteiger partial charge in [0, 0.05) is 18.5 Å². The van der Waals surface area contributed by atoms with Gasteiger partial charge in [-0.05, 0) is 31.0 Å². The molecular formula is C15H16Cl2N4O. The number of aromatic nitrogens is 3. The fraction of sp³-hybridized carbons (Fsp3) is 0.400. The van der Waals surface area contributed by atoms with E-state index < -0.39 is 0 Å². The van der Waals surface area contributed by atoms with Crippen LogP contribution >= 0.6 is 23.2 Å². The Balaban J connectivity index is 1.68. The number of hydrogen-bond acceptors (Lipinski definition) is 3. The zero-order chi connectivity index (χ0) is 15.5. The molecule has 22 heavy (non-hydrogen) atoms. The molecule has 0 saturated carbocycles. The van der Waals surface area contributed by atoms with Gasteiger partial charge < -0.3 is 9.88 Å². The fourth-order valence-corrected chi connectivity index (χ4v) is 2.87. The third kappa shape index (κ3) is 3.25. The standard InChI is InChI=1S/C15H16Cl2N4O/c16-11-6-5-10(8-12(11)17)15(22)18-9-14-20-19-13-4-2-1-3-7-21(13)14/h5-6,8H,1-4,7,9H2,(H,18,22). The second-order valence-corrected chi connectivity index (χ2v) is 6.12. The largest absolute Gasteiger partial charge is 0.345 e. The molecule has 0 spiro atoms. The molecule has 2 aromatic rings. The summed E-state index contributed by atoms with van der Waals surface area (Å²) in [7, 11) is 0. The van der Waals surface area contributed by atoms with Crippen LogP contribution in [0.5, 0.6) is 0 Å². The number of fused-ring (bicyclic) bond motifs is 1. The Labute approximate surface area is 138 Å². The van der Waals surface area contributed by atoms with E-state index in [1.54, 1.807) is 18.2 Å². The molecule has 1 aromatic heterocycles. The molecule has 0 atom stereocenters. The summed E-state index contributed by atoms with van der Waals surface area (Å²) in [6.45, 7) is 1.27. The van der Waals surface area contributed by atoms with Gasteiger partial charge in [0.15, 0.2) is 5.82 Å². The molecule has 1 aromatic carbocycles. The van der Waals surface area contributed by atoms with E-state index in [1.165, 1.54) is 6.42 Å². The highest BCUT2D eigenvalue weighted by molar-refractivity contribution is 6.42. The van der Waals surface area contributed by atoms with E-state index in [9.17, 15) is 4.79 Å². The average molecular weight is 339 g/mol. The average Bonchev–Trinajstić information content (AvgIpc) is 2.74. The highest BCUT2D eigenvalue weighted by Gasteiger charge is 2.15. The normalized spacial score (nSPS) is 14.3. The summed E-state index contributed by atoms with van der Waals surface area (Å²) in [4.78, 5) is 12.2. The van der Waals surface area contributed by atoms with Crippen molar-refractivity contribution < 1.29 is 4.79 Å². The van der Waals surface area contributed by atoms with E-state index in [0.717, 1.165) is 37.5 Å². The predicted molar refractivity (Wildman–Crippen MR) is 85.2 cm³/mol. The molecule has 5 nitrogen and oxygen atoms in total. The Bertz CT molecular complexity index is 699. The van der Waals surface area contributed by atoms with Crippen LogP contribution in [0.3, 0.4) is 0 Å². The van der Waals surface area contributed by atoms with Gasteiger partial charge >= 0.3 is 0 Å². The van der Waals surface area contributed by atoms with Crippen LogP contribution in [0.4, 0.5) is 0 Å². The summed E-state index contributed by atoms with van der Waals surface area (Å²) in [5.41, 5.74) is 0.477. The van der Waals surface area contributed by atoms with Crippen molar-refractivity contribution in [3.05, 3.63) is 45.5 Å². The topological polar surface area (TPSA) is 59.8 Å². The van der Waals surface area contributed by atoms with Crippen molar-refractivity contribution in [3.63, 3.8) is 0 Å². The van der Waals surface area contributed by atoms with Crippen molar-refractivity contribution in [2.45, 2.75) is 38.8 Å². The highest BCUT2D eigenvalue weighted by atomic mass is 35.5. The quantitative estimate of drug-likeness (QED) is 0.934. The van der Waals surface area contributed by atoms with E-state index in [0.29, 0.717) is 22.2 Å². The van der Waals surface area contributed by atoms with Gasteiger partial charge in [-0.1, -0.05) is 29.6 Å². The van der Waals surface area contributed by atoms with Gasteiger partial charge in [0.25, 0.3) is 5.91 Å². The molecule has 0 unspecified atom stereocenters. The summed E-state index contributed by atoms with van der Waals surface area (Å²) in [5, 5.41) is 12.1. The number of hydrogen-bond donors (Lipinski definition) is 1.